The predicted molar refractivity (Wildman–Crippen MR) is 72.6 cm³/mol. The molecule has 0 bridgehead atoms. The molecule has 1 aromatic rings. The summed E-state index contributed by atoms with van der Waals surface area (Å²) in [7, 11) is -3.09. The van der Waals surface area contributed by atoms with Gasteiger partial charge in [-0.25, -0.2) is 12.8 Å². The molecule has 102 valence electrons. The Morgan fingerprint density at radius 1 is 1.21 bits per heavy atom. The maximum absolute atomic E-state index is 12.9. The highest BCUT2D eigenvalue weighted by Crippen LogP contribution is 2.36. The van der Waals surface area contributed by atoms with Crippen LogP contribution in [0.25, 0.3) is 0 Å². The average molecular weight is 301 g/mol. The van der Waals surface area contributed by atoms with Crippen LogP contribution in [0.2, 0.25) is 0 Å². The van der Waals surface area contributed by atoms with Crippen LogP contribution in [0.5, 0.6) is 0 Å². The molecule has 0 unspecified atom stereocenters. The molecule has 0 aliphatic carbocycles. The summed E-state index contributed by atoms with van der Waals surface area (Å²) in [6.07, 6.45) is 0. The van der Waals surface area contributed by atoms with Gasteiger partial charge in [-0.05, 0) is 24.3 Å². The lowest BCUT2D eigenvalue weighted by Gasteiger charge is -2.36. The Bertz CT molecular complexity index is 614. The van der Waals surface area contributed by atoms with Gasteiger partial charge in [0.1, 0.15) is 5.82 Å². The number of hydrogen-bond acceptors (Lipinski definition) is 4. The van der Waals surface area contributed by atoms with Crippen molar-refractivity contribution in [3.63, 3.8) is 0 Å². The molecule has 0 radical (unpaired) electrons. The van der Waals surface area contributed by atoms with Crippen molar-refractivity contribution >= 4 is 33.2 Å². The molecule has 2 saturated heterocycles. The molecule has 3 rings (SSSR count). The lowest BCUT2D eigenvalue weighted by atomic mass is 10.1. The molecule has 0 saturated carbocycles. The number of carbonyl (C=O) groups excluding carboxylic acids is 1. The van der Waals surface area contributed by atoms with Crippen LogP contribution >= 0.6 is 11.8 Å². The molecule has 1 aromatic carbocycles. The normalized spacial score (nSPS) is 29.3. The van der Waals surface area contributed by atoms with E-state index in [1.807, 2.05) is 0 Å². The monoisotopic (exact) mass is 301 g/mol. The van der Waals surface area contributed by atoms with E-state index in [1.54, 1.807) is 0 Å². The van der Waals surface area contributed by atoms with Crippen molar-refractivity contribution in [3.8, 4) is 0 Å². The maximum Gasteiger partial charge on any atom is 0.237 e. The third kappa shape index (κ3) is 2.36. The molecule has 1 amide bonds. The van der Waals surface area contributed by atoms with Crippen LogP contribution in [-0.2, 0) is 14.6 Å². The molecule has 2 heterocycles. The minimum Gasteiger partial charge on any atom is -0.306 e. The molecule has 2 aliphatic heterocycles. The Kier molecular flexibility index (Phi) is 3.05. The summed E-state index contributed by atoms with van der Waals surface area (Å²) < 4.78 is 36.4. The number of rotatable bonds is 1. The standard InChI is InChI=1S/C12H12FNO3S2/c13-8-1-3-9(4-2-8)14-10-6-19(16,17)7-11(10)18-5-12(14)15/h1-4,10-11H,5-7H2/t10-,11-/m0/s1. The second-order valence-corrected chi connectivity index (χ2v) is 8.12. The molecule has 2 atom stereocenters. The van der Waals surface area contributed by atoms with Crippen molar-refractivity contribution in [2.75, 3.05) is 22.2 Å². The van der Waals surface area contributed by atoms with Crippen molar-refractivity contribution in [1.82, 2.24) is 0 Å². The van der Waals surface area contributed by atoms with Crippen LogP contribution in [-0.4, -0.2) is 42.9 Å². The topological polar surface area (TPSA) is 54.5 Å². The van der Waals surface area contributed by atoms with Gasteiger partial charge in [-0.2, -0.15) is 0 Å². The molecular formula is C12H12FNO3S2. The highest BCUT2D eigenvalue weighted by molar-refractivity contribution is 8.02. The minimum absolute atomic E-state index is 0.00617. The number of anilines is 1. The number of sulfone groups is 1. The van der Waals surface area contributed by atoms with E-state index >= 15 is 0 Å². The number of amides is 1. The molecule has 4 nitrogen and oxygen atoms in total. The smallest absolute Gasteiger partial charge is 0.237 e. The summed E-state index contributed by atoms with van der Waals surface area (Å²) in [5.41, 5.74) is 0.568. The molecule has 0 spiro atoms. The Hall–Kier alpha value is -1.08. The third-order valence-electron chi connectivity index (χ3n) is 3.40. The summed E-state index contributed by atoms with van der Waals surface area (Å²) >= 11 is 1.40. The van der Waals surface area contributed by atoms with Crippen LogP contribution in [0.15, 0.2) is 24.3 Å². The molecule has 0 N–H and O–H groups in total. The third-order valence-corrected chi connectivity index (χ3v) is 6.65. The zero-order valence-corrected chi connectivity index (χ0v) is 11.6. The number of benzene rings is 1. The van der Waals surface area contributed by atoms with Crippen LogP contribution in [0.4, 0.5) is 10.1 Å². The SMILES string of the molecule is O=C1CS[C@H]2CS(=O)(=O)C[C@@H]2N1c1ccc(F)cc1. The van der Waals surface area contributed by atoms with E-state index in [9.17, 15) is 17.6 Å². The Morgan fingerprint density at radius 2 is 1.89 bits per heavy atom. The fraction of sp³-hybridized carbons (Fsp3) is 0.417. The van der Waals surface area contributed by atoms with E-state index in [1.165, 1.54) is 40.9 Å². The van der Waals surface area contributed by atoms with Crippen molar-refractivity contribution in [2.24, 2.45) is 0 Å². The molecule has 19 heavy (non-hydrogen) atoms. The van der Waals surface area contributed by atoms with Crippen LogP contribution in [0, 0.1) is 5.82 Å². The van der Waals surface area contributed by atoms with Crippen LogP contribution in [0.3, 0.4) is 0 Å². The van der Waals surface area contributed by atoms with Crippen molar-refractivity contribution < 1.29 is 17.6 Å². The highest BCUT2D eigenvalue weighted by atomic mass is 32.2. The van der Waals surface area contributed by atoms with Gasteiger partial charge in [-0.3, -0.25) is 4.79 Å². The van der Waals surface area contributed by atoms with Gasteiger partial charge >= 0.3 is 0 Å². The lowest BCUT2D eigenvalue weighted by molar-refractivity contribution is -0.116. The zero-order valence-electron chi connectivity index (χ0n) is 9.95. The lowest BCUT2D eigenvalue weighted by Crippen LogP contribution is -2.50. The first kappa shape index (κ1) is 12.9. The first-order chi connectivity index (χ1) is 8.96. The van der Waals surface area contributed by atoms with E-state index in [2.05, 4.69) is 0 Å². The maximum atomic E-state index is 12.9. The van der Waals surface area contributed by atoms with Gasteiger partial charge in [0.2, 0.25) is 5.91 Å². The number of nitrogens with zero attached hydrogens (tertiary/aromatic N) is 1. The zero-order chi connectivity index (χ0) is 13.6. The van der Waals surface area contributed by atoms with Gasteiger partial charge in [0, 0.05) is 10.9 Å². The molecule has 7 heteroatoms. The van der Waals surface area contributed by atoms with Gasteiger partial charge in [0.05, 0.1) is 23.3 Å². The van der Waals surface area contributed by atoms with Crippen molar-refractivity contribution in [3.05, 3.63) is 30.1 Å². The van der Waals surface area contributed by atoms with Crippen molar-refractivity contribution in [1.29, 1.82) is 0 Å². The Balaban J connectivity index is 1.98. The van der Waals surface area contributed by atoms with Gasteiger partial charge in [-0.15, -0.1) is 11.8 Å². The number of carbonyl (C=O) groups is 1. The first-order valence-electron chi connectivity index (χ1n) is 5.86. The minimum atomic E-state index is -3.09. The first-order valence-corrected chi connectivity index (χ1v) is 8.73. The summed E-state index contributed by atoms with van der Waals surface area (Å²) in [4.78, 5) is 13.6. The summed E-state index contributed by atoms with van der Waals surface area (Å²) in [6, 6.07) is 5.27. The quantitative estimate of drug-likeness (QED) is 0.778. The Labute approximate surface area is 114 Å². The number of halogens is 1. The van der Waals surface area contributed by atoms with Gasteiger partial charge < -0.3 is 4.90 Å². The average Bonchev–Trinajstić information content (AvgIpc) is 2.65. The predicted octanol–water partition coefficient (Wildman–Crippen LogP) is 1.07. The highest BCUT2D eigenvalue weighted by Gasteiger charge is 2.46. The fourth-order valence-electron chi connectivity index (χ4n) is 2.57. The van der Waals surface area contributed by atoms with Crippen molar-refractivity contribution in [2.45, 2.75) is 11.3 Å². The van der Waals surface area contributed by atoms with E-state index in [-0.39, 0.29) is 40.3 Å². The van der Waals surface area contributed by atoms with Gasteiger partial charge in [-0.1, -0.05) is 0 Å². The van der Waals surface area contributed by atoms with Crippen LogP contribution in [0.1, 0.15) is 0 Å². The molecule has 2 aliphatic rings. The number of fused-ring (bicyclic) bond motifs is 1. The second kappa shape index (κ2) is 4.49. The van der Waals surface area contributed by atoms with E-state index < -0.39 is 9.84 Å². The number of hydrogen-bond donors (Lipinski definition) is 0. The van der Waals surface area contributed by atoms with Gasteiger partial charge in [0.25, 0.3) is 0 Å². The molecule has 2 fully saturated rings. The summed E-state index contributed by atoms with van der Waals surface area (Å²) in [5.74, 6) is -0.108. The van der Waals surface area contributed by atoms with E-state index in [0.717, 1.165) is 0 Å². The fourth-order valence-corrected chi connectivity index (χ4v) is 6.39. The number of thioether (sulfide) groups is 1. The van der Waals surface area contributed by atoms with Crippen LogP contribution < -0.4 is 4.90 Å². The summed E-state index contributed by atoms with van der Waals surface area (Å²) in [5, 5.41) is -0.0762. The van der Waals surface area contributed by atoms with E-state index in [4.69, 9.17) is 0 Å². The Morgan fingerprint density at radius 3 is 2.58 bits per heavy atom. The molecular weight excluding hydrogens is 289 g/mol. The summed E-state index contributed by atoms with van der Waals surface area (Å²) in [6.45, 7) is 0. The second-order valence-electron chi connectivity index (χ2n) is 4.73. The van der Waals surface area contributed by atoms with E-state index in [0.29, 0.717) is 5.69 Å². The molecule has 0 aromatic heterocycles. The largest absolute Gasteiger partial charge is 0.306 e. The van der Waals surface area contributed by atoms with Gasteiger partial charge in [0.15, 0.2) is 9.84 Å².